The van der Waals surface area contributed by atoms with Gasteiger partial charge in [0.05, 0.1) is 12.0 Å². The molecule has 3 aliphatic rings. The zero-order chi connectivity index (χ0) is 23.7. The first kappa shape index (κ1) is 22.2. The Hall–Kier alpha value is -3.61. The van der Waals surface area contributed by atoms with Gasteiger partial charge < -0.3 is 20.5 Å². The maximum absolute atomic E-state index is 12.6. The van der Waals surface area contributed by atoms with Crippen molar-refractivity contribution in [2.75, 3.05) is 6.61 Å². The molecule has 3 N–H and O–H groups in total. The van der Waals surface area contributed by atoms with Crippen molar-refractivity contribution < 1.29 is 24.2 Å². The third-order valence-electron chi connectivity index (χ3n) is 6.95. The van der Waals surface area contributed by atoms with Crippen LogP contribution < -0.4 is 10.6 Å². The van der Waals surface area contributed by atoms with Crippen LogP contribution in [0.25, 0.3) is 11.1 Å². The summed E-state index contributed by atoms with van der Waals surface area (Å²) in [4.78, 5) is 36.5. The van der Waals surface area contributed by atoms with Crippen LogP contribution >= 0.6 is 0 Å². The number of nitrogens with one attached hydrogen (secondary N) is 2. The summed E-state index contributed by atoms with van der Waals surface area (Å²) in [6, 6.07) is 15.1. The Balaban J connectivity index is 1.13. The van der Waals surface area contributed by atoms with Gasteiger partial charge in [0.15, 0.2) is 0 Å². The van der Waals surface area contributed by atoms with Gasteiger partial charge in [0.25, 0.3) is 0 Å². The third-order valence-corrected chi connectivity index (χ3v) is 6.95. The molecule has 0 radical (unpaired) electrons. The molecule has 0 spiro atoms. The Morgan fingerprint density at radius 1 is 0.971 bits per heavy atom. The highest BCUT2D eigenvalue weighted by Crippen LogP contribution is 2.44. The predicted molar refractivity (Wildman–Crippen MR) is 126 cm³/mol. The minimum atomic E-state index is -1.00. The van der Waals surface area contributed by atoms with Crippen molar-refractivity contribution in [3.05, 3.63) is 71.8 Å². The monoisotopic (exact) mass is 460 g/mol. The number of carboxylic acid groups (broad SMARTS) is 1. The number of rotatable bonds is 8. The molecular weight excluding hydrogens is 432 g/mol. The van der Waals surface area contributed by atoms with Crippen LogP contribution in [-0.4, -0.2) is 41.8 Å². The molecule has 0 aromatic heterocycles. The van der Waals surface area contributed by atoms with Gasteiger partial charge in [0.1, 0.15) is 12.6 Å². The maximum atomic E-state index is 12.6. The zero-order valence-electron chi connectivity index (χ0n) is 18.8. The number of carbonyl (C=O) groups is 3. The number of hydrogen-bond donors (Lipinski definition) is 3. The van der Waals surface area contributed by atoms with Crippen LogP contribution in [0.1, 0.15) is 42.7 Å². The average molecular weight is 461 g/mol. The molecule has 2 amide bonds. The Kier molecular flexibility index (Phi) is 6.09. The topological polar surface area (TPSA) is 105 Å². The van der Waals surface area contributed by atoms with Crippen LogP contribution in [-0.2, 0) is 14.3 Å². The fourth-order valence-corrected chi connectivity index (χ4v) is 4.98. The van der Waals surface area contributed by atoms with Crippen LogP contribution in [0.4, 0.5) is 4.79 Å². The SMILES string of the molecule is O=C(NC1C=CC(C(=O)N[C@@H](CC2CC2)C(=O)O)C1)OCC1c2ccccc2-c2ccccc21. The Morgan fingerprint density at radius 3 is 2.24 bits per heavy atom. The highest BCUT2D eigenvalue weighted by atomic mass is 16.5. The molecule has 7 nitrogen and oxygen atoms in total. The van der Waals surface area contributed by atoms with Crippen molar-refractivity contribution in [1.29, 1.82) is 0 Å². The summed E-state index contributed by atoms with van der Waals surface area (Å²) in [5, 5.41) is 14.8. The van der Waals surface area contributed by atoms with Gasteiger partial charge in [-0.05, 0) is 41.0 Å². The van der Waals surface area contributed by atoms with Crippen molar-refractivity contribution >= 4 is 18.0 Å². The number of carboxylic acids is 1. The van der Waals surface area contributed by atoms with E-state index in [0.29, 0.717) is 18.8 Å². The van der Waals surface area contributed by atoms with Gasteiger partial charge in [0, 0.05) is 5.92 Å². The molecule has 2 aromatic rings. The first-order valence-electron chi connectivity index (χ1n) is 11.8. The summed E-state index contributed by atoms with van der Waals surface area (Å²) in [5.41, 5.74) is 4.63. The number of hydrogen-bond acceptors (Lipinski definition) is 4. The van der Waals surface area contributed by atoms with Crippen molar-refractivity contribution in [3.63, 3.8) is 0 Å². The summed E-state index contributed by atoms with van der Waals surface area (Å²) in [6.45, 7) is 0.224. The summed E-state index contributed by atoms with van der Waals surface area (Å²) in [6.07, 6.45) is 5.85. The van der Waals surface area contributed by atoms with Gasteiger partial charge in [-0.3, -0.25) is 4.79 Å². The van der Waals surface area contributed by atoms with Crippen LogP contribution in [0.3, 0.4) is 0 Å². The second-order valence-electron chi connectivity index (χ2n) is 9.38. The van der Waals surface area contributed by atoms with Gasteiger partial charge >= 0.3 is 12.1 Å². The molecule has 0 saturated heterocycles. The summed E-state index contributed by atoms with van der Waals surface area (Å²) >= 11 is 0. The smallest absolute Gasteiger partial charge is 0.407 e. The first-order chi connectivity index (χ1) is 16.5. The number of fused-ring (bicyclic) bond motifs is 3. The fourth-order valence-electron chi connectivity index (χ4n) is 4.98. The Bertz CT molecular complexity index is 1090. The second kappa shape index (κ2) is 9.33. The molecule has 34 heavy (non-hydrogen) atoms. The lowest BCUT2D eigenvalue weighted by atomic mass is 9.98. The van der Waals surface area contributed by atoms with Crippen LogP contribution in [0.15, 0.2) is 60.7 Å². The van der Waals surface area contributed by atoms with E-state index in [4.69, 9.17) is 4.74 Å². The maximum Gasteiger partial charge on any atom is 0.407 e. The highest BCUT2D eigenvalue weighted by molar-refractivity contribution is 5.86. The molecule has 0 aliphatic heterocycles. The largest absolute Gasteiger partial charge is 0.480 e. The molecular formula is C27H28N2O5. The number of aliphatic carboxylic acids is 1. The highest BCUT2D eigenvalue weighted by Gasteiger charge is 2.34. The molecule has 3 aliphatic carbocycles. The van der Waals surface area contributed by atoms with Gasteiger partial charge in [0.2, 0.25) is 5.91 Å². The normalized spacial score (nSPS) is 21.4. The van der Waals surface area contributed by atoms with E-state index in [-0.39, 0.29) is 24.5 Å². The predicted octanol–water partition coefficient (Wildman–Crippen LogP) is 3.84. The number of carbonyl (C=O) groups excluding carboxylic acids is 2. The van der Waals surface area contributed by atoms with E-state index in [9.17, 15) is 19.5 Å². The first-order valence-corrected chi connectivity index (χ1v) is 11.8. The standard InChI is InChI=1S/C27H28N2O5/c30-25(29-24(26(31)32)13-16-9-10-16)17-11-12-18(14-17)28-27(33)34-15-23-21-7-3-1-5-19(21)20-6-2-4-8-22(20)23/h1-8,11-12,16-18,23-24H,9-10,13-15H2,(H,28,33)(H,29,30)(H,31,32)/t17?,18?,24-/m0/s1. The van der Waals surface area contributed by atoms with Crippen LogP contribution in [0, 0.1) is 11.8 Å². The molecule has 0 heterocycles. The molecule has 2 aromatic carbocycles. The quantitative estimate of drug-likeness (QED) is 0.519. The molecule has 0 bridgehead atoms. The molecule has 2 unspecified atom stereocenters. The molecule has 7 heteroatoms. The van der Waals surface area contributed by atoms with Crippen LogP contribution in [0.2, 0.25) is 0 Å². The van der Waals surface area contributed by atoms with E-state index in [1.54, 1.807) is 12.2 Å². The summed E-state index contributed by atoms with van der Waals surface area (Å²) in [7, 11) is 0. The Morgan fingerprint density at radius 2 is 1.62 bits per heavy atom. The molecule has 176 valence electrons. The number of amides is 2. The molecule has 5 rings (SSSR count). The minimum Gasteiger partial charge on any atom is -0.480 e. The molecule has 3 atom stereocenters. The van der Waals surface area contributed by atoms with Crippen molar-refractivity contribution in [2.45, 2.75) is 43.7 Å². The van der Waals surface area contributed by atoms with E-state index < -0.39 is 24.0 Å². The average Bonchev–Trinajstić information content (AvgIpc) is 3.43. The van der Waals surface area contributed by atoms with Gasteiger partial charge in [-0.15, -0.1) is 0 Å². The lowest BCUT2D eigenvalue weighted by molar-refractivity contribution is -0.142. The Labute approximate surface area is 198 Å². The van der Waals surface area contributed by atoms with E-state index in [0.717, 1.165) is 24.0 Å². The number of benzene rings is 2. The van der Waals surface area contributed by atoms with E-state index in [1.165, 1.54) is 11.1 Å². The van der Waals surface area contributed by atoms with Gasteiger partial charge in [-0.25, -0.2) is 9.59 Å². The number of alkyl carbamates (subject to hydrolysis) is 1. The van der Waals surface area contributed by atoms with Crippen molar-refractivity contribution in [1.82, 2.24) is 10.6 Å². The second-order valence-corrected chi connectivity index (χ2v) is 9.38. The van der Waals surface area contributed by atoms with Crippen molar-refractivity contribution in [2.24, 2.45) is 11.8 Å². The van der Waals surface area contributed by atoms with E-state index >= 15 is 0 Å². The third kappa shape index (κ3) is 4.69. The van der Waals surface area contributed by atoms with Gasteiger partial charge in [-0.1, -0.05) is 73.5 Å². The molecule has 1 fully saturated rings. The summed E-state index contributed by atoms with van der Waals surface area (Å²) in [5.74, 6) is -1.42. The zero-order valence-corrected chi connectivity index (χ0v) is 18.8. The fraction of sp³-hybridized carbons (Fsp3) is 0.370. The van der Waals surface area contributed by atoms with Gasteiger partial charge in [-0.2, -0.15) is 0 Å². The van der Waals surface area contributed by atoms with Crippen molar-refractivity contribution in [3.8, 4) is 11.1 Å². The van der Waals surface area contributed by atoms with E-state index in [2.05, 4.69) is 34.9 Å². The lowest BCUT2D eigenvalue weighted by Gasteiger charge is -2.18. The van der Waals surface area contributed by atoms with Crippen LogP contribution in [0.5, 0.6) is 0 Å². The van der Waals surface area contributed by atoms with E-state index in [1.807, 2.05) is 24.3 Å². The number of ether oxygens (including phenoxy) is 1. The lowest BCUT2D eigenvalue weighted by Crippen LogP contribution is -2.44. The molecule has 1 saturated carbocycles. The minimum absolute atomic E-state index is 0.0183. The summed E-state index contributed by atoms with van der Waals surface area (Å²) < 4.78 is 5.58.